The summed E-state index contributed by atoms with van der Waals surface area (Å²) in [5.41, 5.74) is 1.65. The number of hydrogen-bond donors (Lipinski definition) is 0. The molecule has 13 heavy (non-hydrogen) atoms. The van der Waals surface area contributed by atoms with Gasteiger partial charge in [-0.3, -0.25) is 4.79 Å². The molecule has 2 rings (SSSR count). The molecule has 0 spiro atoms. The molecule has 0 bridgehead atoms. The number of carbonyl (C=O) groups excluding carboxylic acids is 1. The fraction of sp³-hybridized carbons (Fsp3) is 0.300. The lowest BCUT2D eigenvalue weighted by atomic mass is 10.2. The zero-order chi connectivity index (χ0) is 9.42. The van der Waals surface area contributed by atoms with Crippen molar-refractivity contribution in [3.63, 3.8) is 0 Å². The Morgan fingerprint density at radius 2 is 2.31 bits per heavy atom. The molecule has 0 aromatic heterocycles. The van der Waals surface area contributed by atoms with E-state index in [-0.39, 0.29) is 11.7 Å². The lowest BCUT2D eigenvalue weighted by molar-refractivity contribution is -0.117. The highest BCUT2D eigenvalue weighted by molar-refractivity contribution is 6.01. The molecule has 0 aliphatic carbocycles. The molecule has 1 aromatic carbocycles. The maximum absolute atomic E-state index is 12.9. The molecule has 0 unspecified atom stereocenters. The van der Waals surface area contributed by atoms with Crippen LogP contribution in [0.5, 0.6) is 0 Å². The standard InChI is InChI=1S/C10H10FNO/c1-2-12-9-6-8(11)4-3-7(9)5-10(12)13/h3-4,6H,2,5H2,1H3. The number of likely N-dealkylation sites (N-methyl/N-ethyl adjacent to an activating group) is 1. The molecule has 68 valence electrons. The topological polar surface area (TPSA) is 20.3 Å². The molecule has 0 N–H and O–H groups in total. The third-order valence-corrected chi connectivity index (χ3v) is 2.30. The van der Waals surface area contributed by atoms with Crippen molar-refractivity contribution in [1.82, 2.24) is 0 Å². The number of amides is 1. The second-order valence-electron chi connectivity index (χ2n) is 3.09. The summed E-state index contributed by atoms with van der Waals surface area (Å²) in [5.74, 6) is -0.227. The average Bonchev–Trinajstić information content (AvgIpc) is 2.40. The number of benzene rings is 1. The molecule has 1 aromatic rings. The van der Waals surface area contributed by atoms with Gasteiger partial charge in [-0.1, -0.05) is 6.07 Å². The monoisotopic (exact) mass is 179 g/mol. The van der Waals surface area contributed by atoms with Gasteiger partial charge in [0.25, 0.3) is 0 Å². The number of hydrogen-bond acceptors (Lipinski definition) is 1. The third kappa shape index (κ3) is 1.20. The van der Waals surface area contributed by atoms with E-state index in [0.717, 1.165) is 11.3 Å². The third-order valence-electron chi connectivity index (χ3n) is 2.30. The first-order chi connectivity index (χ1) is 6.22. The first-order valence-corrected chi connectivity index (χ1v) is 4.31. The van der Waals surface area contributed by atoms with Crippen LogP contribution in [0.1, 0.15) is 12.5 Å². The van der Waals surface area contributed by atoms with Crippen molar-refractivity contribution in [2.45, 2.75) is 13.3 Å². The molecular weight excluding hydrogens is 169 g/mol. The molecule has 2 nitrogen and oxygen atoms in total. The van der Waals surface area contributed by atoms with E-state index in [1.165, 1.54) is 12.1 Å². The minimum Gasteiger partial charge on any atom is -0.312 e. The summed E-state index contributed by atoms with van der Waals surface area (Å²) in [5, 5.41) is 0. The van der Waals surface area contributed by atoms with Gasteiger partial charge in [0.15, 0.2) is 0 Å². The highest BCUT2D eigenvalue weighted by Crippen LogP contribution is 2.28. The largest absolute Gasteiger partial charge is 0.312 e. The van der Waals surface area contributed by atoms with E-state index < -0.39 is 0 Å². The summed E-state index contributed by atoms with van der Waals surface area (Å²) in [6, 6.07) is 4.49. The summed E-state index contributed by atoms with van der Waals surface area (Å²) in [4.78, 5) is 13.0. The van der Waals surface area contributed by atoms with Crippen LogP contribution in [0, 0.1) is 5.82 Å². The lowest BCUT2D eigenvalue weighted by Crippen LogP contribution is -2.25. The molecule has 0 radical (unpaired) electrons. The Morgan fingerprint density at radius 1 is 1.54 bits per heavy atom. The fourth-order valence-corrected chi connectivity index (χ4v) is 1.68. The predicted octanol–water partition coefficient (Wildman–Crippen LogP) is 1.73. The smallest absolute Gasteiger partial charge is 0.231 e. The van der Waals surface area contributed by atoms with Crippen LogP contribution in [-0.2, 0) is 11.2 Å². The highest BCUT2D eigenvalue weighted by atomic mass is 19.1. The maximum Gasteiger partial charge on any atom is 0.231 e. The van der Waals surface area contributed by atoms with Crippen LogP contribution in [-0.4, -0.2) is 12.5 Å². The summed E-state index contributed by atoms with van der Waals surface area (Å²) >= 11 is 0. The van der Waals surface area contributed by atoms with Crippen molar-refractivity contribution in [3.05, 3.63) is 29.6 Å². The quantitative estimate of drug-likeness (QED) is 0.643. The molecule has 3 heteroatoms. The molecule has 0 fully saturated rings. The van der Waals surface area contributed by atoms with Gasteiger partial charge in [-0.05, 0) is 24.6 Å². The first-order valence-electron chi connectivity index (χ1n) is 4.31. The molecular formula is C10H10FNO. The number of nitrogens with zero attached hydrogens (tertiary/aromatic N) is 1. The second-order valence-corrected chi connectivity index (χ2v) is 3.09. The molecule has 1 heterocycles. The van der Waals surface area contributed by atoms with Gasteiger partial charge >= 0.3 is 0 Å². The van der Waals surface area contributed by atoms with Gasteiger partial charge in [-0.25, -0.2) is 4.39 Å². The Morgan fingerprint density at radius 3 is 3.00 bits per heavy atom. The van der Waals surface area contributed by atoms with Crippen LogP contribution in [0.25, 0.3) is 0 Å². The summed E-state index contributed by atoms with van der Waals surface area (Å²) in [6.45, 7) is 2.49. The van der Waals surface area contributed by atoms with E-state index in [1.807, 2.05) is 6.92 Å². The van der Waals surface area contributed by atoms with E-state index >= 15 is 0 Å². The molecule has 0 saturated heterocycles. The van der Waals surface area contributed by atoms with Crippen molar-refractivity contribution in [1.29, 1.82) is 0 Å². The maximum atomic E-state index is 12.9. The van der Waals surface area contributed by atoms with Crippen LogP contribution in [0.15, 0.2) is 18.2 Å². The van der Waals surface area contributed by atoms with Gasteiger partial charge in [0.2, 0.25) is 5.91 Å². The molecule has 1 amide bonds. The van der Waals surface area contributed by atoms with Gasteiger partial charge in [0.05, 0.1) is 12.1 Å². The van der Waals surface area contributed by atoms with Crippen LogP contribution in [0.2, 0.25) is 0 Å². The Hall–Kier alpha value is -1.38. The van der Waals surface area contributed by atoms with Crippen molar-refractivity contribution in [3.8, 4) is 0 Å². The first kappa shape index (κ1) is 8.23. The van der Waals surface area contributed by atoms with Crippen LogP contribution in [0.3, 0.4) is 0 Å². The molecule has 1 aliphatic heterocycles. The van der Waals surface area contributed by atoms with Gasteiger partial charge in [-0.15, -0.1) is 0 Å². The second kappa shape index (κ2) is 2.83. The minimum atomic E-state index is -0.285. The predicted molar refractivity (Wildman–Crippen MR) is 48.1 cm³/mol. The summed E-state index contributed by atoms with van der Waals surface area (Å²) in [6.07, 6.45) is 0.406. The van der Waals surface area contributed by atoms with E-state index in [2.05, 4.69) is 0 Å². The SMILES string of the molecule is CCN1C(=O)Cc2ccc(F)cc21. The lowest BCUT2D eigenvalue weighted by Gasteiger charge is -2.13. The average molecular weight is 179 g/mol. The number of fused-ring (bicyclic) bond motifs is 1. The zero-order valence-electron chi connectivity index (χ0n) is 7.38. The normalized spacial score (nSPS) is 14.9. The number of carbonyl (C=O) groups is 1. The van der Waals surface area contributed by atoms with Crippen molar-refractivity contribution < 1.29 is 9.18 Å². The van der Waals surface area contributed by atoms with Crippen molar-refractivity contribution in [2.24, 2.45) is 0 Å². The van der Waals surface area contributed by atoms with Gasteiger partial charge in [0.1, 0.15) is 5.82 Å². The summed E-state index contributed by atoms with van der Waals surface area (Å²) in [7, 11) is 0. The Bertz CT molecular complexity index is 362. The zero-order valence-corrected chi connectivity index (χ0v) is 7.38. The van der Waals surface area contributed by atoms with Gasteiger partial charge in [0, 0.05) is 6.54 Å². The number of rotatable bonds is 1. The van der Waals surface area contributed by atoms with E-state index in [0.29, 0.717) is 13.0 Å². The van der Waals surface area contributed by atoms with Crippen molar-refractivity contribution >= 4 is 11.6 Å². The van der Waals surface area contributed by atoms with Gasteiger partial charge in [-0.2, -0.15) is 0 Å². The van der Waals surface area contributed by atoms with Crippen LogP contribution >= 0.6 is 0 Å². The number of halogens is 1. The van der Waals surface area contributed by atoms with Gasteiger partial charge < -0.3 is 4.90 Å². The Balaban J connectivity index is 2.50. The van der Waals surface area contributed by atoms with Crippen molar-refractivity contribution in [2.75, 3.05) is 11.4 Å². The molecule has 0 atom stereocenters. The Labute approximate surface area is 76.0 Å². The molecule has 1 aliphatic rings. The van der Waals surface area contributed by atoms with E-state index in [1.54, 1.807) is 11.0 Å². The van der Waals surface area contributed by atoms with Crippen LogP contribution in [0.4, 0.5) is 10.1 Å². The summed E-state index contributed by atoms with van der Waals surface area (Å²) < 4.78 is 12.9. The number of anilines is 1. The highest BCUT2D eigenvalue weighted by Gasteiger charge is 2.25. The van der Waals surface area contributed by atoms with E-state index in [9.17, 15) is 9.18 Å². The van der Waals surface area contributed by atoms with E-state index in [4.69, 9.17) is 0 Å². The van der Waals surface area contributed by atoms with Crippen LogP contribution < -0.4 is 4.90 Å². The Kier molecular flexibility index (Phi) is 1.79. The minimum absolute atomic E-state index is 0.0584. The fourth-order valence-electron chi connectivity index (χ4n) is 1.68. The molecule has 0 saturated carbocycles.